The summed E-state index contributed by atoms with van der Waals surface area (Å²) in [5.41, 5.74) is 0. The Kier molecular flexibility index (Phi) is 7.88. The molecule has 2 unspecified atom stereocenters. The van der Waals surface area contributed by atoms with Gasteiger partial charge in [0, 0.05) is 39.3 Å². The van der Waals surface area contributed by atoms with Crippen LogP contribution in [0.1, 0.15) is 33.6 Å². The quantitative estimate of drug-likeness (QED) is 0.681. The van der Waals surface area contributed by atoms with Crippen LogP contribution in [-0.4, -0.2) is 83.8 Å². The molecule has 2 atom stereocenters. The van der Waals surface area contributed by atoms with Crippen molar-refractivity contribution in [1.29, 1.82) is 0 Å². The van der Waals surface area contributed by atoms with Crippen LogP contribution < -0.4 is 0 Å². The minimum absolute atomic E-state index is 0.248. The zero-order valence-electron chi connectivity index (χ0n) is 15.5. The Bertz CT molecular complexity index is 414. The van der Waals surface area contributed by atoms with Gasteiger partial charge in [0.1, 0.15) is 0 Å². The average Bonchev–Trinajstić information content (AvgIpc) is 2.54. The van der Waals surface area contributed by atoms with Crippen LogP contribution in [0.5, 0.6) is 0 Å². The van der Waals surface area contributed by atoms with Crippen molar-refractivity contribution in [2.24, 2.45) is 11.8 Å². The largest absolute Gasteiger partial charge is 0.341 e. The van der Waals surface area contributed by atoms with Crippen molar-refractivity contribution in [1.82, 2.24) is 14.7 Å². The molecule has 0 spiro atoms. The predicted octanol–water partition coefficient (Wildman–Crippen LogP) is 1.78. The molecule has 0 aliphatic carbocycles. The lowest BCUT2D eigenvalue weighted by Crippen LogP contribution is -2.53. The van der Waals surface area contributed by atoms with Crippen LogP contribution in [0.2, 0.25) is 0 Å². The molecule has 0 radical (unpaired) electrons. The number of likely N-dealkylation sites (tertiary alicyclic amines) is 1. The highest BCUT2D eigenvalue weighted by atomic mass is 32.2. The van der Waals surface area contributed by atoms with Gasteiger partial charge in [-0.3, -0.25) is 14.5 Å². The molecule has 24 heavy (non-hydrogen) atoms. The summed E-state index contributed by atoms with van der Waals surface area (Å²) >= 11 is 1.72. The minimum atomic E-state index is 0.248. The summed E-state index contributed by atoms with van der Waals surface area (Å²) in [6, 6.07) is 0. The highest BCUT2D eigenvalue weighted by molar-refractivity contribution is 7.99. The fourth-order valence-corrected chi connectivity index (χ4v) is 4.50. The van der Waals surface area contributed by atoms with Crippen molar-refractivity contribution in [3.05, 3.63) is 0 Å². The van der Waals surface area contributed by atoms with E-state index < -0.39 is 0 Å². The Labute approximate surface area is 151 Å². The van der Waals surface area contributed by atoms with Crippen LogP contribution in [0, 0.1) is 11.8 Å². The minimum Gasteiger partial charge on any atom is -0.341 e. The van der Waals surface area contributed by atoms with Gasteiger partial charge < -0.3 is 9.80 Å². The van der Waals surface area contributed by atoms with Crippen molar-refractivity contribution >= 4 is 23.6 Å². The van der Waals surface area contributed by atoms with Crippen molar-refractivity contribution in [3.8, 4) is 0 Å². The topological polar surface area (TPSA) is 43.9 Å². The molecular weight excluding hydrogens is 322 g/mol. The number of hydrogen-bond acceptors (Lipinski definition) is 4. The second-order valence-electron chi connectivity index (χ2n) is 7.45. The molecule has 2 aliphatic heterocycles. The summed E-state index contributed by atoms with van der Waals surface area (Å²) in [6.07, 6.45) is 2.34. The summed E-state index contributed by atoms with van der Waals surface area (Å²) in [7, 11) is 0. The monoisotopic (exact) mass is 355 g/mol. The van der Waals surface area contributed by atoms with Crippen molar-refractivity contribution < 1.29 is 9.59 Å². The van der Waals surface area contributed by atoms with Gasteiger partial charge >= 0.3 is 0 Å². The van der Waals surface area contributed by atoms with E-state index in [1.165, 1.54) is 6.42 Å². The molecule has 2 aliphatic rings. The standard InChI is InChI=1S/C18H33N3O2S/c1-4-9-24-14-18(23)20-7-5-19(6-8-20)13-17(22)21-11-15(2)10-16(3)12-21/h15-16H,4-14H2,1-3H3. The number of piperazine rings is 1. The van der Waals surface area contributed by atoms with Crippen LogP contribution in [0.25, 0.3) is 0 Å². The van der Waals surface area contributed by atoms with Crippen LogP contribution in [-0.2, 0) is 9.59 Å². The molecule has 0 aromatic rings. The van der Waals surface area contributed by atoms with Crippen molar-refractivity contribution in [3.63, 3.8) is 0 Å². The van der Waals surface area contributed by atoms with Crippen LogP contribution in [0.3, 0.4) is 0 Å². The molecule has 0 aromatic heterocycles. The third kappa shape index (κ3) is 5.96. The van der Waals surface area contributed by atoms with E-state index in [-0.39, 0.29) is 11.8 Å². The smallest absolute Gasteiger partial charge is 0.236 e. The lowest BCUT2D eigenvalue weighted by atomic mass is 9.92. The molecule has 5 nitrogen and oxygen atoms in total. The second kappa shape index (κ2) is 9.66. The molecule has 2 amide bonds. The van der Waals surface area contributed by atoms with Crippen LogP contribution >= 0.6 is 11.8 Å². The van der Waals surface area contributed by atoms with E-state index in [9.17, 15) is 9.59 Å². The van der Waals surface area contributed by atoms with Gasteiger partial charge in [-0.1, -0.05) is 20.8 Å². The normalized spacial score (nSPS) is 25.8. The van der Waals surface area contributed by atoms with Gasteiger partial charge in [0.15, 0.2) is 0 Å². The molecule has 2 rings (SSSR count). The third-order valence-electron chi connectivity index (χ3n) is 4.88. The van der Waals surface area contributed by atoms with Gasteiger partial charge in [0.25, 0.3) is 0 Å². The number of nitrogens with zero attached hydrogens (tertiary/aromatic N) is 3. The van der Waals surface area contributed by atoms with Gasteiger partial charge in [0.2, 0.25) is 11.8 Å². The van der Waals surface area contributed by atoms with Gasteiger partial charge in [-0.25, -0.2) is 0 Å². The van der Waals surface area contributed by atoms with E-state index in [1.807, 2.05) is 9.80 Å². The summed E-state index contributed by atoms with van der Waals surface area (Å²) in [5, 5.41) is 0. The molecule has 0 bridgehead atoms. The van der Waals surface area contributed by atoms with Crippen molar-refractivity contribution in [2.45, 2.75) is 33.6 Å². The number of rotatable bonds is 6. The molecule has 0 saturated carbocycles. The zero-order valence-corrected chi connectivity index (χ0v) is 16.3. The molecule has 2 saturated heterocycles. The summed E-state index contributed by atoms with van der Waals surface area (Å²) < 4.78 is 0. The zero-order chi connectivity index (χ0) is 17.5. The number of carbonyl (C=O) groups is 2. The maximum atomic E-state index is 12.5. The summed E-state index contributed by atoms with van der Waals surface area (Å²) in [4.78, 5) is 30.9. The van der Waals surface area contributed by atoms with E-state index >= 15 is 0 Å². The maximum absolute atomic E-state index is 12.5. The molecular formula is C18H33N3O2S. The van der Waals surface area contributed by atoms with E-state index in [0.717, 1.165) is 51.4 Å². The fourth-order valence-electron chi connectivity index (χ4n) is 3.71. The van der Waals surface area contributed by atoms with Crippen LogP contribution in [0.15, 0.2) is 0 Å². The van der Waals surface area contributed by atoms with E-state index in [2.05, 4.69) is 25.7 Å². The van der Waals surface area contributed by atoms with Gasteiger partial charge in [0.05, 0.1) is 12.3 Å². The first-order valence-corrected chi connectivity index (χ1v) is 10.5. The number of amides is 2. The lowest BCUT2D eigenvalue weighted by Gasteiger charge is -2.38. The fraction of sp³-hybridized carbons (Fsp3) is 0.889. The van der Waals surface area contributed by atoms with Crippen molar-refractivity contribution in [2.75, 3.05) is 57.3 Å². The first-order valence-electron chi connectivity index (χ1n) is 9.35. The second-order valence-corrected chi connectivity index (χ2v) is 8.56. The first kappa shape index (κ1) is 19.6. The molecule has 2 fully saturated rings. The molecule has 0 aromatic carbocycles. The number of piperidine rings is 1. The molecule has 0 N–H and O–H groups in total. The maximum Gasteiger partial charge on any atom is 0.236 e. The molecule has 6 heteroatoms. The van der Waals surface area contributed by atoms with E-state index in [0.29, 0.717) is 24.1 Å². The Morgan fingerprint density at radius 1 is 0.958 bits per heavy atom. The number of thioether (sulfide) groups is 1. The van der Waals surface area contributed by atoms with E-state index in [1.54, 1.807) is 11.8 Å². The Hall–Kier alpha value is -0.750. The highest BCUT2D eigenvalue weighted by Crippen LogP contribution is 2.21. The third-order valence-corrected chi connectivity index (χ3v) is 6.03. The lowest BCUT2D eigenvalue weighted by molar-refractivity contribution is -0.136. The van der Waals surface area contributed by atoms with E-state index in [4.69, 9.17) is 0 Å². The van der Waals surface area contributed by atoms with Crippen LogP contribution in [0.4, 0.5) is 0 Å². The summed E-state index contributed by atoms with van der Waals surface area (Å²) in [5.74, 6) is 3.36. The number of carbonyl (C=O) groups excluding carboxylic acids is 2. The highest BCUT2D eigenvalue weighted by Gasteiger charge is 2.28. The Balaban J connectivity index is 1.70. The Morgan fingerprint density at radius 2 is 1.58 bits per heavy atom. The molecule has 138 valence electrons. The predicted molar refractivity (Wildman–Crippen MR) is 100 cm³/mol. The SMILES string of the molecule is CCCSCC(=O)N1CCN(CC(=O)N2CC(C)CC(C)C2)CC1. The van der Waals surface area contributed by atoms with Gasteiger partial charge in [-0.15, -0.1) is 0 Å². The average molecular weight is 356 g/mol. The van der Waals surface area contributed by atoms with Gasteiger partial charge in [-0.2, -0.15) is 11.8 Å². The summed E-state index contributed by atoms with van der Waals surface area (Å²) in [6.45, 7) is 12.0. The number of hydrogen-bond donors (Lipinski definition) is 0. The first-order chi connectivity index (χ1) is 11.5. The Morgan fingerprint density at radius 3 is 2.17 bits per heavy atom. The van der Waals surface area contributed by atoms with Gasteiger partial charge in [-0.05, 0) is 30.4 Å². The molecule has 2 heterocycles.